The lowest BCUT2D eigenvalue weighted by Gasteiger charge is -2.10. The maximum Gasteiger partial charge on any atom is 0.335 e. The highest BCUT2D eigenvalue weighted by molar-refractivity contribution is 6.02. The van der Waals surface area contributed by atoms with Crippen LogP contribution in [0.5, 0.6) is 0 Å². The summed E-state index contributed by atoms with van der Waals surface area (Å²) in [4.78, 5) is 34.6. The minimum absolute atomic E-state index is 0.0639. The second-order valence-corrected chi connectivity index (χ2v) is 5.94. The topological polar surface area (TPSA) is 116 Å². The third-order valence-corrected chi connectivity index (χ3v) is 3.91. The fourth-order valence-corrected chi connectivity index (χ4v) is 2.65. The van der Waals surface area contributed by atoms with E-state index in [1.807, 2.05) is 36.4 Å². The first-order chi connectivity index (χ1) is 13.4. The molecule has 0 aliphatic rings. The molecule has 0 bridgehead atoms. The van der Waals surface area contributed by atoms with Crippen molar-refractivity contribution in [2.75, 3.05) is 10.6 Å². The standard InChI is InChI=1S/C21H16N2O5/c24-19(25)15-9-16(20(26)27)12-18(11-15)23-21(28)22-17-8-4-7-14(10-17)13-5-2-1-3-6-13/h1-12H,(H,24,25)(H,26,27)(H2,22,23,28). The van der Waals surface area contributed by atoms with Crippen molar-refractivity contribution in [3.8, 4) is 11.1 Å². The molecule has 0 heterocycles. The van der Waals surface area contributed by atoms with Gasteiger partial charge in [-0.1, -0.05) is 42.5 Å². The van der Waals surface area contributed by atoms with E-state index in [0.29, 0.717) is 5.69 Å². The van der Waals surface area contributed by atoms with Gasteiger partial charge in [-0.2, -0.15) is 0 Å². The Balaban J connectivity index is 1.78. The predicted molar refractivity (Wildman–Crippen MR) is 105 cm³/mol. The lowest BCUT2D eigenvalue weighted by molar-refractivity contribution is 0.0696. The zero-order chi connectivity index (χ0) is 20.1. The van der Waals surface area contributed by atoms with Crippen LogP contribution in [-0.2, 0) is 0 Å². The number of amides is 2. The van der Waals surface area contributed by atoms with Crippen molar-refractivity contribution in [3.05, 3.63) is 83.9 Å². The number of hydrogen-bond acceptors (Lipinski definition) is 3. The lowest BCUT2D eigenvalue weighted by atomic mass is 10.1. The molecule has 0 fully saturated rings. The van der Waals surface area contributed by atoms with Crippen LogP contribution in [-0.4, -0.2) is 28.2 Å². The molecular formula is C21H16N2O5. The van der Waals surface area contributed by atoms with E-state index < -0.39 is 18.0 Å². The molecule has 7 heteroatoms. The second kappa shape index (κ2) is 8.05. The average molecular weight is 376 g/mol. The number of aromatic carboxylic acids is 2. The molecule has 2 amide bonds. The van der Waals surface area contributed by atoms with Gasteiger partial charge in [-0.05, 0) is 41.5 Å². The zero-order valence-corrected chi connectivity index (χ0v) is 14.5. The Kier molecular flexibility index (Phi) is 5.36. The van der Waals surface area contributed by atoms with E-state index in [-0.39, 0.29) is 16.8 Å². The SMILES string of the molecule is O=C(Nc1cc(C(=O)O)cc(C(=O)O)c1)Nc1cccc(-c2ccccc2)c1. The number of hydrogen-bond donors (Lipinski definition) is 4. The Bertz CT molecular complexity index is 1020. The largest absolute Gasteiger partial charge is 0.478 e. The van der Waals surface area contributed by atoms with Gasteiger partial charge in [-0.15, -0.1) is 0 Å². The second-order valence-electron chi connectivity index (χ2n) is 5.94. The monoisotopic (exact) mass is 376 g/mol. The fourth-order valence-electron chi connectivity index (χ4n) is 2.65. The quantitative estimate of drug-likeness (QED) is 0.527. The average Bonchev–Trinajstić information content (AvgIpc) is 2.68. The molecule has 3 aromatic rings. The summed E-state index contributed by atoms with van der Waals surface area (Å²) in [5, 5.41) is 23.3. The van der Waals surface area contributed by atoms with Crippen LogP contribution in [0, 0.1) is 0 Å². The van der Waals surface area contributed by atoms with Crippen LogP contribution in [0.3, 0.4) is 0 Å². The van der Waals surface area contributed by atoms with E-state index >= 15 is 0 Å². The van der Waals surface area contributed by atoms with Gasteiger partial charge in [0.2, 0.25) is 0 Å². The van der Waals surface area contributed by atoms with Crippen molar-refractivity contribution in [2.24, 2.45) is 0 Å². The molecule has 0 radical (unpaired) electrons. The van der Waals surface area contributed by atoms with E-state index in [9.17, 15) is 14.4 Å². The minimum Gasteiger partial charge on any atom is -0.478 e. The molecule has 0 spiro atoms. The number of carboxylic acid groups (broad SMARTS) is 2. The van der Waals surface area contributed by atoms with Crippen LogP contribution < -0.4 is 10.6 Å². The van der Waals surface area contributed by atoms with Gasteiger partial charge in [0, 0.05) is 11.4 Å². The summed E-state index contributed by atoms with van der Waals surface area (Å²) in [6.07, 6.45) is 0. The Morgan fingerprint density at radius 3 is 1.79 bits per heavy atom. The van der Waals surface area contributed by atoms with Gasteiger partial charge in [0.1, 0.15) is 0 Å². The summed E-state index contributed by atoms with van der Waals surface area (Å²) in [7, 11) is 0. The third-order valence-electron chi connectivity index (χ3n) is 3.91. The van der Waals surface area contributed by atoms with Crippen molar-refractivity contribution in [1.29, 1.82) is 0 Å². The molecule has 3 aromatic carbocycles. The molecule has 0 saturated carbocycles. The van der Waals surface area contributed by atoms with Gasteiger partial charge >= 0.3 is 18.0 Å². The summed E-state index contributed by atoms with van der Waals surface area (Å²) < 4.78 is 0. The van der Waals surface area contributed by atoms with E-state index in [2.05, 4.69) is 10.6 Å². The highest BCUT2D eigenvalue weighted by atomic mass is 16.4. The molecule has 0 unspecified atom stereocenters. The molecule has 7 nitrogen and oxygen atoms in total. The van der Waals surface area contributed by atoms with Crippen molar-refractivity contribution >= 4 is 29.3 Å². The normalized spacial score (nSPS) is 10.1. The first kappa shape index (κ1) is 18.7. The van der Waals surface area contributed by atoms with Crippen molar-refractivity contribution < 1.29 is 24.6 Å². The van der Waals surface area contributed by atoms with Crippen LogP contribution in [0.25, 0.3) is 11.1 Å². The van der Waals surface area contributed by atoms with Crippen LogP contribution in [0.4, 0.5) is 16.2 Å². The minimum atomic E-state index is -1.29. The molecular weight excluding hydrogens is 360 g/mol. The molecule has 0 saturated heterocycles. The van der Waals surface area contributed by atoms with E-state index in [4.69, 9.17) is 10.2 Å². The number of benzene rings is 3. The smallest absolute Gasteiger partial charge is 0.335 e. The van der Waals surface area contributed by atoms with Gasteiger partial charge < -0.3 is 20.8 Å². The molecule has 3 rings (SSSR count). The molecule has 140 valence electrons. The third kappa shape index (κ3) is 4.53. The molecule has 4 N–H and O–H groups in total. The van der Waals surface area contributed by atoms with Crippen LogP contribution in [0.15, 0.2) is 72.8 Å². The molecule has 0 aromatic heterocycles. The van der Waals surface area contributed by atoms with Crippen LogP contribution in [0.1, 0.15) is 20.7 Å². The van der Waals surface area contributed by atoms with Gasteiger partial charge in [-0.3, -0.25) is 0 Å². The van der Waals surface area contributed by atoms with Gasteiger partial charge in [0.05, 0.1) is 11.1 Å². The Morgan fingerprint density at radius 1 is 0.607 bits per heavy atom. The highest BCUT2D eigenvalue weighted by Gasteiger charge is 2.13. The molecule has 28 heavy (non-hydrogen) atoms. The fraction of sp³-hybridized carbons (Fsp3) is 0. The number of carboxylic acids is 2. The first-order valence-corrected chi connectivity index (χ1v) is 8.27. The summed E-state index contributed by atoms with van der Waals surface area (Å²) in [6, 6.07) is 19.6. The summed E-state index contributed by atoms with van der Waals surface area (Å²) in [5.41, 5.74) is 2.04. The Labute approximate surface area is 160 Å². The number of urea groups is 1. The summed E-state index contributed by atoms with van der Waals surface area (Å²) in [6.45, 7) is 0. The Morgan fingerprint density at radius 2 is 1.18 bits per heavy atom. The van der Waals surface area contributed by atoms with Crippen molar-refractivity contribution in [2.45, 2.75) is 0 Å². The number of rotatable bonds is 5. The number of nitrogens with one attached hydrogen (secondary N) is 2. The number of anilines is 2. The van der Waals surface area contributed by atoms with E-state index in [0.717, 1.165) is 17.2 Å². The highest BCUT2D eigenvalue weighted by Crippen LogP contribution is 2.22. The van der Waals surface area contributed by atoms with Crippen molar-refractivity contribution in [1.82, 2.24) is 0 Å². The van der Waals surface area contributed by atoms with E-state index in [1.165, 1.54) is 12.1 Å². The zero-order valence-electron chi connectivity index (χ0n) is 14.5. The number of carbonyl (C=O) groups is 3. The van der Waals surface area contributed by atoms with Crippen molar-refractivity contribution in [3.63, 3.8) is 0 Å². The van der Waals surface area contributed by atoms with Crippen LogP contribution in [0.2, 0.25) is 0 Å². The van der Waals surface area contributed by atoms with Gasteiger partial charge in [0.25, 0.3) is 0 Å². The first-order valence-electron chi connectivity index (χ1n) is 8.27. The molecule has 0 aliphatic carbocycles. The lowest BCUT2D eigenvalue weighted by Crippen LogP contribution is -2.20. The summed E-state index contributed by atoms with van der Waals surface area (Å²) in [5.74, 6) is -2.58. The van der Waals surface area contributed by atoms with Gasteiger partial charge in [-0.25, -0.2) is 14.4 Å². The summed E-state index contributed by atoms with van der Waals surface area (Å²) >= 11 is 0. The number of carbonyl (C=O) groups excluding carboxylic acids is 1. The van der Waals surface area contributed by atoms with Crippen LogP contribution >= 0.6 is 0 Å². The maximum atomic E-state index is 12.3. The Hall–Kier alpha value is -4.13. The van der Waals surface area contributed by atoms with E-state index in [1.54, 1.807) is 18.2 Å². The molecule has 0 aliphatic heterocycles. The predicted octanol–water partition coefficient (Wildman–Crippen LogP) is 4.39. The molecule has 0 atom stereocenters. The van der Waals surface area contributed by atoms with Gasteiger partial charge in [0.15, 0.2) is 0 Å². The maximum absolute atomic E-state index is 12.3.